The van der Waals surface area contributed by atoms with E-state index in [9.17, 15) is 9.90 Å². The lowest BCUT2D eigenvalue weighted by atomic mass is 10.1. The van der Waals surface area contributed by atoms with Crippen LogP contribution in [-0.2, 0) is 11.2 Å². The molecule has 1 aromatic rings. The molecule has 1 aromatic carbocycles. The highest BCUT2D eigenvalue weighted by Gasteiger charge is 2.09. The summed E-state index contributed by atoms with van der Waals surface area (Å²) in [4.78, 5) is 10.8. The highest BCUT2D eigenvalue weighted by Crippen LogP contribution is 2.26. The van der Waals surface area contributed by atoms with Crippen LogP contribution in [0.1, 0.15) is 19.4 Å². The molecule has 1 rings (SSSR count). The zero-order valence-corrected chi connectivity index (χ0v) is 13.3. The standard InChI is InChI=1S/C14H21BrN2O3/c1-9(2)17-7-11(18)8-20-13-4-3-10(5-12(13)15)6-14(16)19/h3-5,9,11,17-18H,6-8H2,1-2H3,(H2,16,19). The van der Waals surface area contributed by atoms with E-state index in [4.69, 9.17) is 10.5 Å². The molecule has 0 saturated heterocycles. The Morgan fingerprint density at radius 2 is 2.20 bits per heavy atom. The maximum Gasteiger partial charge on any atom is 0.221 e. The molecular weight excluding hydrogens is 324 g/mol. The number of benzene rings is 1. The lowest BCUT2D eigenvalue weighted by molar-refractivity contribution is -0.117. The van der Waals surface area contributed by atoms with Crippen LogP contribution < -0.4 is 15.8 Å². The van der Waals surface area contributed by atoms with Crippen LogP contribution in [0.5, 0.6) is 5.75 Å². The van der Waals surface area contributed by atoms with Gasteiger partial charge in [0.2, 0.25) is 5.91 Å². The van der Waals surface area contributed by atoms with Gasteiger partial charge in [-0.15, -0.1) is 0 Å². The van der Waals surface area contributed by atoms with Crippen LogP contribution in [0.3, 0.4) is 0 Å². The molecule has 0 heterocycles. The van der Waals surface area contributed by atoms with Gasteiger partial charge in [-0.3, -0.25) is 4.79 Å². The maximum absolute atomic E-state index is 10.8. The molecule has 112 valence electrons. The fourth-order valence-electron chi connectivity index (χ4n) is 1.59. The van der Waals surface area contributed by atoms with Gasteiger partial charge in [0, 0.05) is 12.6 Å². The van der Waals surface area contributed by atoms with Crippen molar-refractivity contribution in [3.8, 4) is 5.75 Å². The van der Waals surface area contributed by atoms with Crippen LogP contribution >= 0.6 is 15.9 Å². The van der Waals surface area contributed by atoms with Gasteiger partial charge < -0.3 is 20.9 Å². The Kier molecular flexibility index (Phi) is 6.98. The lowest BCUT2D eigenvalue weighted by Gasteiger charge is -2.16. The van der Waals surface area contributed by atoms with E-state index in [0.29, 0.717) is 18.3 Å². The molecule has 4 N–H and O–H groups in total. The molecule has 0 aliphatic carbocycles. The number of hydrogen-bond acceptors (Lipinski definition) is 4. The molecular formula is C14H21BrN2O3. The number of nitrogens with one attached hydrogen (secondary N) is 1. The largest absolute Gasteiger partial charge is 0.490 e. The first-order chi connectivity index (χ1) is 9.38. The highest BCUT2D eigenvalue weighted by molar-refractivity contribution is 9.10. The number of ether oxygens (including phenoxy) is 1. The third-order valence-corrected chi connectivity index (χ3v) is 3.19. The molecule has 0 saturated carbocycles. The van der Waals surface area contributed by atoms with Gasteiger partial charge in [-0.05, 0) is 33.6 Å². The van der Waals surface area contributed by atoms with Crippen molar-refractivity contribution in [3.05, 3.63) is 28.2 Å². The van der Waals surface area contributed by atoms with Crippen molar-refractivity contribution in [1.29, 1.82) is 0 Å². The number of carbonyl (C=O) groups excluding carboxylic acids is 1. The van der Waals surface area contributed by atoms with E-state index in [1.165, 1.54) is 0 Å². The summed E-state index contributed by atoms with van der Waals surface area (Å²) in [6.45, 7) is 4.71. The molecule has 0 bridgehead atoms. The second-order valence-electron chi connectivity index (χ2n) is 4.94. The topological polar surface area (TPSA) is 84.6 Å². The zero-order chi connectivity index (χ0) is 15.1. The Bertz CT molecular complexity index is 452. The van der Waals surface area contributed by atoms with Crippen molar-refractivity contribution < 1.29 is 14.6 Å². The van der Waals surface area contributed by atoms with Crippen molar-refractivity contribution in [2.45, 2.75) is 32.4 Å². The summed E-state index contributed by atoms with van der Waals surface area (Å²) >= 11 is 3.38. The second-order valence-corrected chi connectivity index (χ2v) is 5.79. The number of amides is 1. The molecule has 1 amide bonds. The van der Waals surface area contributed by atoms with E-state index in [-0.39, 0.29) is 18.9 Å². The van der Waals surface area contributed by atoms with E-state index in [1.807, 2.05) is 13.8 Å². The van der Waals surface area contributed by atoms with Crippen LogP contribution in [-0.4, -0.2) is 36.3 Å². The minimum atomic E-state index is -0.574. The van der Waals surface area contributed by atoms with Gasteiger partial charge >= 0.3 is 0 Å². The molecule has 1 unspecified atom stereocenters. The van der Waals surface area contributed by atoms with E-state index in [0.717, 1.165) is 10.0 Å². The van der Waals surface area contributed by atoms with Gasteiger partial charge in [0.05, 0.1) is 10.9 Å². The number of primary amides is 1. The summed E-state index contributed by atoms with van der Waals surface area (Å²) in [6.07, 6.45) is -0.380. The first kappa shape index (κ1) is 16.9. The lowest BCUT2D eigenvalue weighted by Crippen LogP contribution is -2.35. The number of hydrogen-bond donors (Lipinski definition) is 3. The van der Waals surface area contributed by atoms with Crippen LogP contribution in [0, 0.1) is 0 Å². The fraction of sp³-hybridized carbons (Fsp3) is 0.500. The Labute approximate surface area is 127 Å². The number of halogens is 1. The van der Waals surface area contributed by atoms with Gasteiger partial charge in [-0.1, -0.05) is 19.9 Å². The summed E-state index contributed by atoms with van der Waals surface area (Å²) in [7, 11) is 0. The van der Waals surface area contributed by atoms with Gasteiger partial charge in [-0.2, -0.15) is 0 Å². The first-order valence-electron chi connectivity index (χ1n) is 6.49. The molecule has 0 radical (unpaired) electrons. The van der Waals surface area contributed by atoms with Crippen LogP contribution in [0.25, 0.3) is 0 Å². The average Bonchev–Trinajstić information content (AvgIpc) is 2.34. The highest BCUT2D eigenvalue weighted by atomic mass is 79.9. The Morgan fingerprint density at radius 3 is 2.75 bits per heavy atom. The van der Waals surface area contributed by atoms with Crippen LogP contribution in [0.15, 0.2) is 22.7 Å². The predicted octanol–water partition coefficient (Wildman–Crippen LogP) is 1.21. The Balaban J connectivity index is 2.50. The number of carbonyl (C=O) groups is 1. The summed E-state index contributed by atoms with van der Waals surface area (Å²) in [6, 6.07) is 5.65. The molecule has 0 aliphatic heterocycles. The smallest absolute Gasteiger partial charge is 0.221 e. The monoisotopic (exact) mass is 344 g/mol. The predicted molar refractivity (Wildman–Crippen MR) is 81.7 cm³/mol. The first-order valence-corrected chi connectivity index (χ1v) is 7.28. The molecule has 5 nitrogen and oxygen atoms in total. The zero-order valence-electron chi connectivity index (χ0n) is 11.7. The minimum Gasteiger partial charge on any atom is -0.490 e. The number of rotatable bonds is 8. The normalized spacial score (nSPS) is 12.4. The molecule has 0 spiro atoms. The van der Waals surface area contributed by atoms with Crippen molar-refractivity contribution >= 4 is 21.8 Å². The quantitative estimate of drug-likeness (QED) is 0.661. The SMILES string of the molecule is CC(C)NCC(O)COc1ccc(CC(N)=O)cc1Br. The average molecular weight is 345 g/mol. The Hall–Kier alpha value is -1.11. The number of nitrogens with two attached hydrogens (primary N) is 1. The van der Waals surface area contributed by atoms with Gasteiger partial charge in [0.1, 0.15) is 18.5 Å². The van der Waals surface area contributed by atoms with Crippen molar-refractivity contribution in [1.82, 2.24) is 5.32 Å². The summed E-state index contributed by atoms with van der Waals surface area (Å²) in [5.41, 5.74) is 5.96. The molecule has 0 aliphatic rings. The van der Waals surface area contributed by atoms with E-state index in [2.05, 4.69) is 21.2 Å². The van der Waals surface area contributed by atoms with Gasteiger partial charge in [0.25, 0.3) is 0 Å². The number of aliphatic hydroxyl groups excluding tert-OH is 1. The maximum atomic E-state index is 10.8. The third-order valence-electron chi connectivity index (χ3n) is 2.57. The van der Waals surface area contributed by atoms with Crippen molar-refractivity contribution in [3.63, 3.8) is 0 Å². The molecule has 20 heavy (non-hydrogen) atoms. The van der Waals surface area contributed by atoms with Crippen LogP contribution in [0.4, 0.5) is 0 Å². The Morgan fingerprint density at radius 1 is 1.50 bits per heavy atom. The van der Waals surface area contributed by atoms with Crippen LogP contribution in [0.2, 0.25) is 0 Å². The second kappa shape index (κ2) is 8.24. The molecule has 6 heteroatoms. The van der Waals surface area contributed by atoms with Crippen molar-refractivity contribution in [2.75, 3.05) is 13.2 Å². The van der Waals surface area contributed by atoms with E-state index >= 15 is 0 Å². The fourth-order valence-corrected chi connectivity index (χ4v) is 2.13. The molecule has 0 fully saturated rings. The third kappa shape index (κ3) is 6.36. The van der Waals surface area contributed by atoms with Crippen molar-refractivity contribution in [2.24, 2.45) is 5.73 Å². The van der Waals surface area contributed by atoms with E-state index < -0.39 is 6.10 Å². The van der Waals surface area contributed by atoms with Gasteiger partial charge in [0.15, 0.2) is 0 Å². The summed E-state index contributed by atoms with van der Waals surface area (Å²) < 4.78 is 6.27. The number of aliphatic hydroxyl groups is 1. The molecule has 0 aromatic heterocycles. The summed E-state index contributed by atoms with van der Waals surface area (Å²) in [5, 5.41) is 12.9. The van der Waals surface area contributed by atoms with E-state index in [1.54, 1.807) is 18.2 Å². The van der Waals surface area contributed by atoms with Gasteiger partial charge in [-0.25, -0.2) is 0 Å². The minimum absolute atomic E-state index is 0.194. The molecule has 1 atom stereocenters. The summed E-state index contributed by atoms with van der Waals surface area (Å²) in [5.74, 6) is 0.252.